The van der Waals surface area contributed by atoms with Gasteiger partial charge >= 0.3 is 5.97 Å². The summed E-state index contributed by atoms with van der Waals surface area (Å²) in [7, 11) is 0. The Balaban J connectivity index is 2.65. The summed E-state index contributed by atoms with van der Waals surface area (Å²) in [6, 6.07) is 4.36. The van der Waals surface area contributed by atoms with Crippen molar-refractivity contribution in [3.8, 4) is 0 Å². The van der Waals surface area contributed by atoms with Gasteiger partial charge in [-0.2, -0.15) is 0 Å². The molecule has 1 rings (SSSR count). The van der Waals surface area contributed by atoms with Crippen LogP contribution in [0, 0.1) is 5.92 Å². The van der Waals surface area contributed by atoms with E-state index in [-0.39, 0.29) is 5.92 Å². The maximum absolute atomic E-state index is 12.0. The number of carboxylic acids is 1. The molecule has 22 heavy (non-hydrogen) atoms. The lowest BCUT2D eigenvalue weighted by Gasteiger charge is -2.21. The van der Waals surface area contributed by atoms with E-state index >= 15 is 0 Å². The number of hydrogen-bond donors (Lipinski definition) is 3. The molecule has 0 bridgehead atoms. The first kappa shape index (κ1) is 18.0. The quantitative estimate of drug-likeness (QED) is 0.741. The number of carbonyl (C=O) groups is 3. The zero-order valence-corrected chi connectivity index (χ0v) is 13.3. The van der Waals surface area contributed by atoms with Gasteiger partial charge in [0.25, 0.3) is 5.91 Å². The molecule has 3 N–H and O–H groups in total. The van der Waals surface area contributed by atoms with E-state index in [9.17, 15) is 14.4 Å². The molecule has 2 amide bonds. The predicted molar refractivity (Wildman–Crippen MR) is 82.8 cm³/mol. The van der Waals surface area contributed by atoms with Gasteiger partial charge in [0.05, 0.1) is 0 Å². The molecule has 0 heterocycles. The molecule has 7 heteroatoms. The number of benzene rings is 1. The Labute approximate surface area is 133 Å². The van der Waals surface area contributed by atoms with Crippen LogP contribution in [-0.4, -0.2) is 35.0 Å². The number of nitrogens with one attached hydrogen (secondary N) is 2. The molecule has 0 saturated heterocycles. The van der Waals surface area contributed by atoms with Gasteiger partial charge < -0.3 is 15.7 Å². The molecule has 2 atom stereocenters. The van der Waals surface area contributed by atoms with Crippen molar-refractivity contribution in [1.29, 1.82) is 0 Å². The van der Waals surface area contributed by atoms with Crippen LogP contribution in [0.25, 0.3) is 0 Å². The van der Waals surface area contributed by atoms with Crippen LogP contribution in [0.3, 0.4) is 0 Å². The molecular formula is C15H19ClN2O4. The Morgan fingerprint density at radius 1 is 1.05 bits per heavy atom. The van der Waals surface area contributed by atoms with Crippen molar-refractivity contribution in [2.75, 3.05) is 0 Å². The lowest BCUT2D eigenvalue weighted by molar-refractivity contribution is -0.143. The number of amides is 2. The molecule has 0 aromatic heterocycles. The van der Waals surface area contributed by atoms with Crippen molar-refractivity contribution in [2.45, 2.75) is 32.9 Å². The average molecular weight is 327 g/mol. The second kappa shape index (κ2) is 7.79. The molecular weight excluding hydrogens is 308 g/mol. The third kappa shape index (κ3) is 5.04. The van der Waals surface area contributed by atoms with E-state index in [0.717, 1.165) is 0 Å². The molecule has 1 unspecified atom stereocenters. The molecule has 0 aliphatic rings. The number of rotatable bonds is 6. The van der Waals surface area contributed by atoms with Crippen LogP contribution < -0.4 is 10.6 Å². The van der Waals surface area contributed by atoms with Crippen LogP contribution >= 0.6 is 11.6 Å². The topological polar surface area (TPSA) is 95.5 Å². The smallest absolute Gasteiger partial charge is 0.326 e. The van der Waals surface area contributed by atoms with E-state index in [4.69, 9.17) is 16.7 Å². The van der Waals surface area contributed by atoms with Crippen LogP contribution in [0.5, 0.6) is 0 Å². The molecule has 0 spiro atoms. The Morgan fingerprint density at radius 3 is 2.05 bits per heavy atom. The lowest BCUT2D eigenvalue weighted by atomic mass is 10.0. The molecule has 0 aliphatic carbocycles. The van der Waals surface area contributed by atoms with Crippen LogP contribution in [0.4, 0.5) is 0 Å². The summed E-state index contributed by atoms with van der Waals surface area (Å²) in [4.78, 5) is 35.0. The summed E-state index contributed by atoms with van der Waals surface area (Å²) in [6.45, 7) is 4.87. The number of halogens is 1. The first-order valence-corrected chi connectivity index (χ1v) is 7.19. The number of hydrogen-bond acceptors (Lipinski definition) is 3. The van der Waals surface area contributed by atoms with Gasteiger partial charge in [-0.1, -0.05) is 25.4 Å². The minimum absolute atomic E-state index is 0.263. The fourth-order valence-corrected chi connectivity index (χ4v) is 1.86. The minimum Gasteiger partial charge on any atom is -0.480 e. The third-order valence-corrected chi connectivity index (χ3v) is 3.33. The highest BCUT2D eigenvalue weighted by molar-refractivity contribution is 6.30. The van der Waals surface area contributed by atoms with E-state index in [1.165, 1.54) is 19.1 Å². The predicted octanol–water partition coefficient (Wildman–Crippen LogP) is 1.68. The van der Waals surface area contributed by atoms with E-state index in [1.54, 1.807) is 26.0 Å². The third-order valence-electron chi connectivity index (χ3n) is 3.08. The summed E-state index contributed by atoms with van der Waals surface area (Å²) in [5.41, 5.74) is 0.364. The summed E-state index contributed by atoms with van der Waals surface area (Å²) >= 11 is 5.74. The SMILES string of the molecule is CC(NC(=O)c1ccc(Cl)cc1)C(=O)N[C@H](C(=O)O)C(C)C. The fraction of sp³-hybridized carbons (Fsp3) is 0.400. The van der Waals surface area contributed by atoms with Crippen LogP contribution in [0.2, 0.25) is 5.02 Å². The summed E-state index contributed by atoms with van der Waals surface area (Å²) in [6.07, 6.45) is 0. The molecule has 120 valence electrons. The first-order chi connectivity index (χ1) is 10.2. The number of aliphatic carboxylic acids is 1. The number of carboxylic acid groups (broad SMARTS) is 1. The molecule has 0 fully saturated rings. The van der Waals surface area contributed by atoms with Crippen molar-refractivity contribution in [3.05, 3.63) is 34.9 Å². The molecule has 6 nitrogen and oxygen atoms in total. The Bertz CT molecular complexity index is 557. The summed E-state index contributed by atoms with van der Waals surface area (Å²) in [5.74, 6) is -2.36. The highest BCUT2D eigenvalue weighted by Crippen LogP contribution is 2.09. The Morgan fingerprint density at radius 2 is 1.59 bits per heavy atom. The maximum Gasteiger partial charge on any atom is 0.326 e. The van der Waals surface area contributed by atoms with E-state index in [1.807, 2.05) is 0 Å². The Hall–Kier alpha value is -2.08. The van der Waals surface area contributed by atoms with Gasteiger partial charge in [0.2, 0.25) is 5.91 Å². The van der Waals surface area contributed by atoms with E-state index < -0.39 is 29.9 Å². The maximum atomic E-state index is 12.0. The standard InChI is InChI=1S/C15H19ClN2O4/c1-8(2)12(15(21)22)18-13(19)9(3)17-14(20)10-4-6-11(16)7-5-10/h4-9,12H,1-3H3,(H,17,20)(H,18,19)(H,21,22)/t9?,12-/m0/s1. The van der Waals surface area contributed by atoms with Crippen molar-refractivity contribution in [1.82, 2.24) is 10.6 Å². The van der Waals surface area contributed by atoms with Crippen molar-refractivity contribution in [2.24, 2.45) is 5.92 Å². The lowest BCUT2D eigenvalue weighted by Crippen LogP contribution is -2.52. The van der Waals surface area contributed by atoms with Gasteiger partial charge in [-0.3, -0.25) is 9.59 Å². The Kier molecular flexibility index (Phi) is 6.37. The average Bonchev–Trinajstić information content (AvgIpc) is 2.44. The van der Waals surface area contributed by atoms with Gasteiger partial charge in [-0.05, 0) is 37.1 Å². The van der Waals surface area contributed by atoms with Crippen LogP contribution in [0.1, 0.15) is 31.1 Å². The summed E-state index contributed by atoms with van der Waals surface area (Å²) in [5, 5.41) is 14.5. The van der Waals surface area contributed by atoms with Gasteiger partial charge in [0, 0.05) is 10.6 Å². The molecule has 0 aliphatic heterocycles. The van der Waals surface area contributed by atoms with Gasteiger partial charge in [-0.25, -0.2) is 4.79 Å². The normalized spacial score (nSPS) is 13.3. The van der Waals surface area contributed by atoms with E-state index in [2.05, 4.69) is 10.6 Å². The van der Waals surface area contributed by atoms with Crippen LogP contribution in [0.15, 0.2) is 24.3 Å². The zero-order chi connectivity index (χ0) is 16.9. The second-order valence-electron chi connectivity index (χ2n) is 5.27. The molecule has 0 saturated carbocycles. The first-order valence-electron chi connectivity index (χ1n) is 6.82. The van der Waals surface area contributed by atoms with Gasteiger partial charge in [-0.15, -0.1) is 0 Å². The fourth-order valence-electron chi connectivity index (χ4n) is 1.74. The molecule has 0 radical (unpaired) electrons. The van der Waals surface area contributed by atoms with Crippen LogP contribution in [-0.2, 0) is 9.59 Å². The molecule has 1 aromatic rings. The van der Waals surface area contributed by atoms with Crippen molar-refractivity contribution < 1.29 is 19.5 Å². The summed E-state index contributed by atoms with van der Waals surface area (Å²) < 4.78 is 0. The highest BCUT2D eigenvalue weighted by atomic mass is 35.5. The minimum atomic E-state index is -1.11. The highest BCUT2D eigenvalue weighted by Gasteiger charge is 2.26. The monoisotopic (exact) mass is 326 g/mol. The zero-order valence-electron chi connectivity index (χ0n) is 12.6. The largest absolute Gasteiger partial charge is 0.480 e. The second-order valence-corrected chi connectivity index (χ2v) is 5.71. The van der Waals surface area contributed by atoms with Crippen molar-refractivity contribution in [3.63, 3.8) is 0 Å². The number of carbonyl (C=O) groups excluding carboxylic acids is 2. The van der Waals surface area contributed by atoms with Gasteiger partial charge in [0.1, 0.15) is 12.1 Å². The molecule has 1 aromatic carbocycles. The van der Waals surface area contributed by atoms with E-state index in [0.29, 0.717) is 10.6 Å². The van der Waals surface area contributed by atoms with Crippen molar-refractivity contribution >= 4 is 29.4 Å². The van der Waals surface area contributed by atoms with Gasteiger partial charge in [0.15, 0.2) is 0 Å².